The predicted molar refractivity (Wildman–Crippen MR) is 192 cm³/mol. The van der Waals surface area contributed by atoms with Crippen LogP contribution in [0.4, 0.5) is 8.78 Å². The van der Waals surface area contributed by atoms with E-state index in [0.29, 0.717) is 11.1 Å². The van der Waals surface area contributed by atoms with E-state index in [1.807, 2.05) is 12.1 Å². The summed E-state index contributed by atoms with van der Waals surface area (Å²) in [6.07, 6.45) is 29.8. The Kier molecular flexibility index (Phi) is 18.8. The molecule has 0 amide bonds. The number of unbranched alkanes of at least 4 members (excludes halogenated alkanes) is 7. The van der Waals surface area contributed by atoms with Crippen LogP contribution in [0, 0.1) is 58.0 Å². The third kappa shape index (κ3) is 14.9. The number of rotatable bonds is 17. The first-order valence-electron chi connectivity index (χ1n) is 19.3. The van der Waals surface area contributed by atoms with Gasteiger partial charge in [0.05, 0.1) is 23.3 Å². The van der Waals surface area contributed by atoms with E-state index in [1.54, 1.807) is 24.3 Å². The molecule has 0 aliphatic heterocycles. The van der Waals surface area contributed by atoms with Crippen LogP contribution in [0.5, 0.6) is 0 Å². The van der Waals surface area contributed by atoms with Crippen molar-refractivity contribution in [1.29, 1.82) is 10.5 Å². The van der Waals surface area contributed by atoms with Gasteiger partial charge in [-0.15, -0.1) is 0 Å². The van der Waals surface area contributed by atoms with Crippen LogP contribution in [0.25, 0.3) is 0 Å². The molecule has 0 N–H and O–H groups in total. The first-order valence-corrected chi connectivity index (χ1v) is 19.3. The number of hydrogen-bond acceptors (Lipinski definition) is 2. The van der Waals surface area contributed by atoms with E-state index in [4.69, 9.17) is 10.5 Å². The average molecular weight is 645 g/mol. The van der Waals surface area contributed by atoms with Gasteiger partial charge in [-0.25, -0.2) is 8.78 Å². The molecule has 2 aliphatic rings. The summed E-state index contributed by atoms with van der Waals surface area (Å²) in [5.41, 5.74) is 2.36. The molecule has 2 aliphatic carbocycles. The second-order valence-electron chi connectivity index (χ2n) is 14.7. The molecule has 0 heterocycles. The number of benzene rings is 2. The largest absolute Gasteiger partial charge is 0.207 e. The second-order valence-corrected chi connectivity index (χ2v) is 14.7. The van der Waals surface area contributed by atoms with Gasteiger partial charge in [-0.05, 0) is 84.7 Å². The van der Waals surface area contributed by atoms with Crippen molar-refractivity contribution in [2.45, 2.75) is 162 Å². The van der Waals surface area contributed by atoms with Gasteiger partial charge in [0.25, 0.3) is 0 Å². The fraction of sp³-hybridized carbons (Fsp3) is 0.674. The Hall–Kier alpha value is -2.72. The number of halogens is 2. The van der Waals surface area contributed by atoms with Gasteiger partial charge in [-0.3, -0.25) is 0 Å². The molecule has 47 heavy (non-hydrogen) atoms. The lowest BCUT2D eigenvalue weighted by atomic mass is 9.77. The molecule has 2 aromatic rings. The van der Waals surface area contributed by atoms with Gasteiger partial charge in [0, 0.05) is 0 Å². The van der Waals surface area contributed by atoms with E-state index in [0.717, 1.165) is 60.5 Å². The summed E-state index contributed by atoms with van der Waals surface area (Å²) in [6, 6.07) is 13.7. The summed E-state index contributed by atoms with van der Waals surface area (Å²) in [5.74, 6) is 2.97. The van der Waals surface area contributed by atoms with E-state index >= 15 is 0 Å². The Morgan fingerprint density at radius 2 is 0.851 bits per heavy atom. The van der Waals surface area contributed by atoms with Crippen LogP contribution in [0.15, 0.2) is 36.4 Å². The summed E-state index contributed by atoms with van der Waals surface area (Å²) in [5, 5.41) is 17.6. The summed E-state index contributed by atoms with van der Waals surface area (Å²) < 4.78 is 27.8. The predicted octanol–water partition coefficient (Wildman–Crippen LogP) is 13.2. The third-order valence-electron chi connectivity index (χ3n) is 11.1. The van der Waals surface area contributed by atoms with Crippen molar-refractivity contribution in [2.24, 2.45) is 23.7 Å². The van der Waals surface area contributed by atoms with E-state index in [-0.39, 0.29) is 11.6 Å². The molecule has 2 saturated carbocycles. The highest BCUT2D eigenvalue weighted by atomic mass is 19.1. The molecular weight excluding hydrogens is 582 g/mol. The van der Waals surface area contributed by atoms with Crippen LogP contribution in [-0.2, 0) is 12.8 Å². The Morgan fingerprint density at radius 3 is 1.19 bits per heavy atom. The van der Waals surface area contributed by atoms with Crippen LogP contribution in [0.1, 0.15) is 171 Å². The summed E-state index contributed by atoms with van der Waals surface area (Å²) in [6.45, 7) is 4.53. The number of hydrogen-bond donors (Lipinski definition) is 0. The molecule has 258 valence electrons. The normalized spacial score (nSPS) is 20.9. The molecule has 4 rings (SSSR count). The van der Waals surface area contributed by atoms with Crippen molar-refractivity contribution in [1.82, 2.24) is 0 Å². The number of aryl methyl sites for hydroxylation is 2. The molecule has 0 radical (unpaired) electrons. The van der Waals surface area contributed by atoms with Crippen molar-refractivity contribution in [3.8, 4) is 12.1 Å². The Labute approximate surface area is 286 Å². The first kappa shape index (κ1) is 38.7. The molecule has 0 spiro atoms. The van der Waals surface area contributed by atoms with E-state index in [1.165, 1.54) is 134 Å². The lowest BCUT2D eigenvalue weighted by molar-refractivity contribution is 0.248. The molecule has 2 fully saturated rings. The minimum atomic E-state index is -0.214. The Balaban J connectivity index is 0.000000256. The third-order valence-corrected chi connectivity index (χ3v) is 11.1. The van der Waals surface area contributed by atoms with Gasteiger partial charge in [0.2, 0.25) is 0 Å². The van der Waals surface area contributed by atoms with Crippen LogP contribution < -0.4 is 0 Å². The first-order chi connectivity index (χ1) is 22.9. The monoisotopic (exact) mass is 644 g/mol. The van der Waals surface area contributed by atoms with Gasteiger partial charge in [-0.1, -0.05) is 148 Å². The van der Waals surface area contributed by atoms with Crippen LogP contribution in [-0.4, -0.2) is 0 Å². The minimum Gasteiger partial charge on any atom is -0.207 e. The maximum absolute atomic E-state index is 13.9. The molecule has 0 bridgehead atoms. The highest BCUT2D eigenvalue weighted by Crippen LogP contribution is 2.36. The van der Waals surface area contributed by atoms with Crippen molar-refractivity contribution < 1.29 is 8.78 Å². The lowest BCUT2D eigenvalue weighted by Crippen LogP contribution is -2.15. The fourth-order valence-corrected chi connectivity index (χ4v) is 7.87. The summed E-state index contributed by atoms with van der Waals surface area (Å²) in [4.78, 5) is 0. The highest BCUT2D eigenvalue weighted by Gasteiger charge is 2.22. The second kappa shape index (κ2) is 22.8. The van der Waals surface area contributed by atoms with Crippen molar-refractivity contribution in [2.75, 3.05) is 0 Å². The van der Waals surface area contributed by atoms with Crippen molar-refractivity contribution >= 4 is 0 Å². The van der Waals surface area contributed by atoms with Crippen LogP contribution in [0.3, 0.4) is 0 Å². The Bertz CT molecular complexity index is 1230. The van der Waals surface area contributed by atoms with Crippen molar-refractivity contribution in [3.05, 3.63) is 70.3 Å². The van der Waals surface area contributed by atoms with Gasteiger partial charge in [-0.2, -0.15) is 10.5 Å². The quantitative estimate of drug-likeness (QED) is 0.161. The smallest absolute Gasteiger partial charge is 0.127 e. The van der Waals surface area contributed by atoms with E-state index in [2.05, 4.69) is 13.8 Å². The molecule has 0 saturated heterocycles. The zero-order chi connectivity index (χ0) is 33.7. The fourth-order valence-electron chi connectivity index (χ4n) is 7.87. The molecule has 2 nitrogen and oxygen atoms in total. The molecule has 0 atom stereocenters. The van der Waals surface area contributed by atoms with E-state index < -0.39 is 0 Å². The Morgan fingerprint density at radius 1 is 0.511 bits per heavy atom. The molecule has 2 aromatic carbocycles. The standard InChI is InChI=1S/C22H32FN.C21H30FN/c1-2-3-4-5-6-7-18-8-10-19(11-9-18)12-14-21-15-13-20(17-24)16-22(21)23;1-2-3-4-5-6-17-7-9-18(10-8-17)11-13-20-14-12-19(16-23)15-21(20)22/h13,15-16,18-19H,2-12,14H2,1H3;12,14-15,17-18H,2-11,13H2,1H3/t18-,19-;17-,18-. The van der Waals surface area contributed by atoms with Crippen LogP contribution in [0.2, 0.25) is 0 Å². The topological polar surface area (TPSA) is 47.6 Å². The van der Waals surface area contributed by atoms with Gasteiger partial charge in [0.1, 0.15) is 11.6 Å². The molecule has 4 heteroatoms. The zero-order valence-electron chi connectivity index (χ0n) is 29.7. The lowest BCUT2D eigenvalue weighted by Gasteiger charge is -2.28. The van der Waals surface area contributed by atoms with Gasteiger partial charge in [0.15, 0.2) is 0 Å². The maximum Gasteiger partial charge on any atom is 0.127 e. The highest BCUT2D eigenvalue weighted by molar-refractivity contribution is 5.33. The zero-order valence-corrected chi connectivity index (χ0v) is 29.7. The molecular formula is C43H62F2N2. The van der Waals surface area contributed by atoms with Gasteiger partial charge < -0.3 is 0 Å². The SMILES string of the molecule is CCCCCCC[C@H]1CC[C@H](CCc2ccc(C#N)cc2F)CC1.CCCCCC[C@H]1CC[C@H](CCc2ccc(C#N)cc2F)CC1. The molecule has 0 unspecified atom stereocenters. The van der Waals surface area contributed by atoms with Gasteiger partial charge >= 0.3 is 0 Å². The summed E-state index contributed by atoms with van der Waals surface area (Å²) in [7, 11) is 0. The number of nitriles is 2. The van der Waals surface area contributed by atoms with E-state index in [9.17, 15) is 8.78 Å². The molecule has 0 aromatic heterocycles. The number of nitrogens with zero attached hydrogens (tertiary/aromatic N) is 2. The maximum atomic E-state index is 13.9. The van der Waals surface area contributed by atoms with Crippen LogP contribution >= 0.6 is 0 Å². The average Bonchev–Trinajstić information content (AvgIpc) is 3.10. The van der Waals surface area contributed by atoms with Crippen molar-refractivity contribution in [3.63, 3.8) is 0 Å². The minimum absolute atomic E-state index is 0.213. The summed E-state index contributed by atoms with van der Waals surface area (Å²) >= 11 is 0.